The highest BCUT2D eigenvalue weighted by Gasteiger charge is 2.10. The van der Waals surface area contributed by atoms with Gasteiger partial charge in [-0.25, -0.2) is 0 Å². The zero-order chi connectivity index (χ0) is 12.8. The average Bonchev–Trinajstić information content (AvgIpc) is 2.27. The highest BCUT2D eigenvalue weighted by molar-refractivity contribution is 6.35. The summed E-state index contributed by atoms with van der Waals surface area (Å²) >= 11 is 12.1. The second-order valence-electron chi connectivity index (χ2n) is 3.80. The van der Waals surface area contributed by atoms with Crippen LogP contribution in [0.15, 0.2) is 24.3 Å². The molecule has 0 fully saturated rings. The van der Waals surface area contributed by atoms with Crippen LogP contribution >= 0.6 is 23.2 Å². The molecule has 17 heavy (non-hydrogen) atoms. The summed E-state index contributed by atoms with van der Waals surface area (Å²) in [5.74, 6) is 0.681. The van der Waals surface area contributed by atoms with Crippen molar-refractivity contribution in [2.75, 3.05) is 13.7 Å². The Morgan fingerprint density at radius 1 is 1.41 bits per heavy atom. The predicted octanol–water partition coefficient (Wildman–Crippen LogP) is 4.06. The molecule has 0 spiro atoms. The average molecular weight is 274 g/mol. The van der Waals surface area contributed by atoms with E-state index >= 15 is 0 Å². The fourth-order valence-corrected chi connectivity index (χ4v) is 1.96. The quantitative estimate of drug-likeness (QED) is 0.790. The van der Waals surface area contributed by atoms with Gasteiger partial charge in [-0.05, 0) is 31.2 Å². The van der Waals surface area contributed by atoms with E-state index in [-0.39, 0.29) is 0 Å². The van der Waals surface area contributed by atoms with Crippen molar-refractivity contribution < 1.29 is 4.74 Å². The van der Waals surface area contributed by atoms with Gasteiger partial charge in [0.05, 0.1) is 5.02 Å². The van der Waals surface area contributed by atoms with E-state index in [0.717, 1.165) is 17.6 Å². The minimum absolute atomic E-state index is 0.481. The molecule has 4 heteroatoms. The molecule has 0 aromatic heterocycles. The molecule has 94 valence electrons. The molecular formula is C13H17Cl2NO. The molecule has 0 bridgehead atoms. The summed E-state index contributed by atoms with van der Waals surface area (Å²) in [5.41, 5.74) is 1.99. The van der Waals surface area contributed by atoms with E-state index in [4.69, 9.17) is 27.9 Å². The highest BCUT2D eigenvalue weighted by atomic mass is 35.5. The van der Waals surface area contributed by atoms with Crippen LogP contribution in [0.3, 0.4) is 0 Å². The van der Waals surface area contributed by atoms with Gasteiger partial charge in [-0.1, -0.05) is 36.7 Å². The Morgan fingerprint density at radius 3 is 2.71 bits per heavy atom. The molecule has 0 aliphatic heterocycles. The van der Waals surface area contributed by atoms with E-state index in [0.29, 0.717) is 28.9 Å². The van der Waals surface area contributed by atoms with Crippen LogP contribution in [0.2, 0.25) is 10.0 Å². The fourth-order valence-electron chi connectivity index (χ4n) is 1.37. The number of hydrogen-bond donors (Lipinski definition) is 1. The molecule has 1 N–H and O–H groups in total. The van der Waals surface area contributed by atoms with E-state index in [9.17, 15) is 0 Å². The van der Waals surface area contributed by atoms with Gasteiger partial charge in [0.1, 0.15) is 12.4 Å². The largest absolute Gasteiger partial charge is 0.487 e. The Hall–Kier alpha value is -0.700. The van der Waals surface area contributed by atoms with E-state index in [1.54, 1.807) is 6.07 Å². The van der Waals surface area contributed by atoms with Crippen LogP contribution in [0.1, 0.15) is 18.9 Å². The normalized spacial score (nSPS) is 10.4. The van der Waals surface area contributed by atoms with Crippen molar-refractivity contribution >= 4 is 23.2 Å². The van der Waals surface area contributed by atoms with Crippen molar-refractivity contribution in [2.24, 2.45) is 0 Å². The van der Waals surface area contributed by atoms with Gasteiger partial charge in [-0.3, -0.25) is 0 Å². The monoisotopic (exact) mass is 273 g/mol. The van der Waals surface area contributed by atoms with E-state index in [1.807, 2.05) is 20.0 Å². The predicted molar refractivity (Wildman–Crippen MR) is 74.2 cm³/mol. The van der Waals surface area contributed by atoms with Gasteiger partial charge in [-0.15, -0.1) is 0 Å². The SMILES string of the molecule is C=C(CC)COc1c(Cl)cc(Cl)cc1CNC. The standard InChI is InChI=1S/C13H17Cl2NO/c1-4-9(2)8-17-13-10(7-16-3)5-11(14)6-12(13)15/h5-6,16H,2,4,7-8H2,1,3H3. The maximum absolute atomic E-state index is 6.13. The first-order valence-electron chi connectivity index (χ1n) is 5.50. The van der Waals surface area contributed by atoms with Crippen molar-refractivity contribution in [2.45, 2.75) is 19.9 Å². The summed E-state index contributed by atoms with van der Waals surface area (Å²) in [6.45, 7) is 7.09. The Labute approximate surface area is 113 Å². The summed E-state index contributed by atoms with van der Waals surface area (Å²) < 4.78 is 5.70. The van der Waals surface area contributed by atoms with Crippen molar-refractivity contribution in [3.05, 3.63) is 39.9 Å². The van der Waals surface area contributed by atoms with Crippen LogP contribution in [0, 0.1) is 0 Å². The molecule has 1 rings (SSSR count). The van der Waals surface area contributed by atoms with E-state index < -0.39 is 0 Å². The summed E-state index contributed by atoms with van der Waals surface area (Å²) in [4.78, 5) is 0. The van der Waals surface area contributed by atoms with Crippen LogP contribution < -0.4 is 10.1 Å². The summed E-state index contributed by atoms with van der Waals surface area (Å²) in [7, 11) is 1.86. The molecule has 0 unspecified atom stereocenters. The van der Waals surface area contributed by atoms with Gasteiger partial charge in [0.2, 0.25) is 0 Å². The smallest absolute Gasteiger partial charge is 0.142 e. The van der Waals surface area contributed by atoms with Gasteiger partial charge in [0, 0.05) is 17.1 Å². The van der Waals surface area contributed by atoms with Gasteiger partial charge >= 0.3 is 0 Å². The molecule has 0 aliphatic carbocycles. The van der Waals surface area contributed by atoms with Gasteiger partial charge in [0.25, 0.3) is 0 Å². The number of rotatable bonds is 6. The zero-order valence-corrected chi connectivity index (χ0v) is 11.7. The Kier molecular flexibility index (Phi) is 5.83. The third-order valence-corrected chi connectivity index (χ3v) is 2.87. The van der Waals surface area contributed by atoms with Crippen molar-refractivity contribution in [1.29, 1.82) is 0 Å². The molecule has 2 nitrogen and oxygen atoms in total. The number of ether oxygens (including phenoxy) is 1. The Bertz CT molecular complexity index is 405. The Morgan fingerprint density at radius 2 is 2.12 bits per heavy atom. The van der Waals surface area contributed by atoms with Gasteiger partial charge in [0.15, 0.2) is 0 Å². The van der Waals surface area contributed by atoms with Gasteiger partial charge in [-0.2, -0.15) is 0 Å². The summed E-state index contributed by atoms with van der Waals surface area (Å²) in [6.07, 6.45) is 0.895. The lowest BCUT2D eigenvalue weighted by atomic mass is 10.2. The molecule has 0 radical (unpaired) electrons. The van der Waals surface area contributed by atoms with Crippen LogP contribution in [0.4, 0.5) is 0 Å². The molecule has 0 saturated carbocycles. The number of nitrogens with one attached hydrogen (secondary N) is 1. The summed E-state index contributed by atoms with van der Waals surface area (Å²) in [5, 5.41) is 4.21. The van der Waals surface area contributed by atoms with E-state index in [1.165, 1.54) is 0 Å². The maximum atomic E-state index is 6.13. The van der Waals surface area contributed by atoms with Crippen molar-refractivity contribution in [3.63, 3.8) is 0 Å². The van der Waals surface area contributed by atoms with Crippen LogP contribution in [-0.2, 0) is 6.54 Å². The third-order valence-electron chi connectivity index (χ3n) is 2.37. The minimum atomic E-state index is 0.481. The van der Waals surface area contributed by atoms with Crippen molar-refractivity contribution in [3.8, 4) is 5.75 Å². The first-order chi connectivity index (χ1) is 8.08. The van der Waals surface area contributed by atoms with Gasteiger partial charge < -0.3 is 10.1 Å². The lowest BCUT2D eigenvalue weighted by Crippen LogP contribution is -2.09. The molecule has 1 aromatic rings. The molecule has 1 aromatic carbocycles. The minimum Gasteiger partial charge on any atom is -0.487 e. The molecule has 0 heterocycles. The third kappa shape index (κ3) is 4.23. The van der Waals surface area contributed by atoms with Crippen LogP contribution in [-0.4, -0.2) is 13.7 Å². The number of benzene rings is 1. The molecule has 0 aliphatic rings. The molecular weight excluding hydrogens is 257 g/mol. The molecule has 0 atom stereocenters. The Balaban J connectivity index is 2.91. The lowest BCUT2D eigenvalue weighted by Gasteiger charge is -2.14. The highest BCUT2D eigenvalue weighted by Crippen LogP contribution is 2.32. The zero-order valence-electron chi connectivity index (χ0n) is 10.1. The topological polar surface area (TPSA) is 21.3 Å². The number of hydrogen-bond acceptors (Lipinski definition) is 2. The second-order valence-corrected chi connectivity index (χ2v) is 4.64. The second kappa shape index (κ2) is 6.90. The first-order valence-corrected chi connectivity index (χ1v) is 6.26. The first kappa shape index (κ1) is 14.4. The van der Waals surface area contributed by atoms with Crippen molar-refractivity contribution in [1.82, 2.24) is 5.32 Å². The molecule has 0 amide bonds. The molecule has 0 saturated heterocycles. The fraction of sp³-hybridized carbons (Fsp3) is 0.385. The number of halogens is 2. The van der Waals surface area contributed by atoms with Crippen LogP contribution in [0.5, 0.6) is 5.75 Å². The lowest BCUT2D eigenvalue weighted by molar-refractivity contribution is 0.345. The van der Waals surface area contributed by atoms with Crippen LogP contribution in [0.25, 0.3) is 0 Å². The summed E-state index contributed by atoms with van der Waals surface area (Å²) in [6, 6.07) is 3.54. The van der Waals surface area contributed by atoms with E-state index in [2.05, 4.69) is 11.9 Å². The maximum Gasteiger partial charge on any atom is 0.142 e.